The Balaban J connectivity index is 3.82. The number of nitrogens with one attached hydrogen (secondary N) is 1. The molecule has 0 aliphatic rings. The molecule has 0 aromatic carbocycles. The third-order valence-corrected chi connectivity index (χ3v) is 1.55. The molecule has 16 heavy (non-hydrogen) atoms. The number of halogens is 1. The summed E-state index contributed by atoms with van der Waals surface area (Å²) < 4.78 is 21.9. The van der Waals surface area contributed by atoms with Crippen LogP contribution in [0.4, 0.5) is 9.18 Å². The average molecular weight is 234 g/mol. The van der Waals surface area contributed by atoms with Crippen LogP contribution in [-0.4, -0.2) is 24.6 Å². The van der Waals surface area contributed by atoms with Crippen LogP contribution in [0.3, 0.4) is 0 Å². The normalized spacial score (nSPS) is 13.8. The molecule has 93 valence electrons. The number of alkyl halides is 1. The molecule has 0 bridgehead atoms. The second-order valence-corrected chi connectivity index (χ2v) is 3.11. The van der Waals surface area contributed by atoms with Crippen molar-refractivity contribution in [1.82, 2.24) is 5.32 Å². The van der Waals surface area contributed by atoms with Crippen molar-refractivity contribution >= 4 is 12.1 Å². The molecule has 1 radical (unpaired) electrons. The number of amides is 1. The Hall–Kier alpha value is -1.33. The number of hydrogen-bond donors (Lipinski definition) is 1. The third kappa shape index (κ3) is 7.03. The highest BCUT2D eigenvalue weighted by Crippen LogP contribution is 2.00. The summed E-state index contributed by atoms with van der Waals surface area (Å²) in [6.45, 7) is 6.46. The zero-order chi connectivity index (χ0) is 12.6. The van der Waals surface area contributed by atoms with Gasteiger partial charge in [0.15, 0.2) is 6.30 Å². The maximum absolute atomic E-state index is 12.6. The maximum Gasteiger partial charge on any atom is 0.412 e. The van der Waals surface area contributed by atoms with Gasteiger partial charge in [0.25, 0.3) is 0 Å². The van der Waals surface area contributed by atoms with Crippen molar-refractivity contribution in [2.45, 2.75) is 45.7 Å². The Kier molecular flexibility index (Phi) is 7.24. The minimum Gasteiger partial charge on any atom is -0.425 e. The van der Waals surface area contributed by atoms with Crippen LogP contribution in [0.15, 0.2) is 0 Å². The van der Waals surface area contributed by atoms with E-state index in [4.69, 9.17) is 4.74 Å². The van der Waals surface area contributed by atoms with Gasteiger partial charge in [0.05, 0.1) is 0 Å². The monoisotopic (exact) mass is 234 g/mol. The molecule has 0 aromatic rings. The standard InChI is InChI=1S/C10H17FNO4/c1-4-6-9(13)15-7(3)16-10(14)12-8(11)5-2/h7-8H,2,4-6H2,1,3H3,(H,12,14). The second kappa shape index (κ2) is 7.90. The summed E-state index contributed by atoms with van der Waals surface area (Å²) in [6, 6.07) is 0. The molecule has 0 rings (SSSR count). The number of ether oxygens (including phenoxy) is 2. The first-order valence-electron chi connectivity index (χ1n) is 5.09. The first kappa shape index (κ1) is 14.7. The fourth-order valence-electron chi connectivity index (χ4n) is 0.857. The minimum absolute atomic E-state index is 0.0981. The molecule has 0 heterocycles. The van der Waals surface area contributed by atoms with Crippen molar-refractivity contribution in [3.8, 4) is 0 Å². The van der Waals surface area contributed by atoms with E-state index in [1.54, 1.807) is 0 Å². The molecule has 2 atom stereocenters. The topological polar surface area (TPSA) is 64.6 Å². The molecule has 1 N–H and O–H groups in total. The van der Waals surface area contributed by atoms with Crippen LogP contribution in [0.5, 0.6) is 0 Å². The SMILES string of the molecule is [CH2]CC(F)NC(=O)OC(C)OC(=O)CCC. The maximum atomic E-state index is 12.6. The molecule has 0 fully saturated rings. The van der Waals surface area contributed by atoms with Crippen molar-refractivity contribution in [3.05, 3.63) is 6.92 Å². The third-order valence-electron chi connectivity index (χ3n) is 1.55. The lowest BCUT2D eigenvalue weighted by Crippen LogP contribution is -2.34. The highest BCUT2D eigenvalue weighted by Gasteiger charge is 2.15. The summed E-state index contributed by atoms with van der Waals surface area (Å²) in [5.74, 6) is -0.461. The fraction of sp³-hybridized carbons (Fsp3) is 0.700. The van der Waals surface area contributed by atoms with E-state index in [0.717, 1.165) is 0 Å². The predicted molar refractivity (Wildman–Crippen MR) is 54.9 cm³/mol. The molecule has 0 saturated heterocycles. The van der Waals surface area contributed by atoms with Crippen molar-refractivity contribution in [2.24, 2.45) is 0 Å². The van der Waals surface area contributed by atoms with Crippen LogP contribution in [0, 0.1) is 6.92 Å². The van der Waals surface area contributed by atoms with E-state index < -0.39 is 24.6 Å². The van der Waals surface area contributed by atoms with Gasteiger partial charge in [0.1, 0.15) is 0 Å². The van der Waals surface area contributed by atoms with Crippen molar-refractivity contribution in [3.63, 3.8) is 0 Å². The molecule has 0 aliphatic carbocycles. The number of carbonyl (C=O) groups is 2. The molecule has 5 nitrogen and oxygen atoms in total. The Morgan fingerprint density at radius 3 is 2.56 bits per heavy atom. The molecular formula is C10H17FNO4. The van der Waals surface area contributed by atoms with Crippen molar-refractivity contribution < 1.29 is 23.5 Å². The van der Waals surface area contributed by atoms with Crippen LogP contribution in [0.1, 0.15) is 33.1 Å². The van der Waals surface area contributed by atoms with Crippen LogP contribution in [0.25, 0.3) is 0 Å². The molecule has 6 heteroatoms. The summed E-state index contributed by atoms with van der Waals surface area (Å²) in [5.41, 5.74) is 0. The summed E-state index contributed by atoms with van der Waals surface area (Å²) in [6.07, 6.45) is -2.78. The molecule has 1 amide bonds. The molecular weight excluding hydrogens is 217 g/mol. The molecule has 0 aromatic heterocycles. The molecule has 0 aliphatic heterocycles. The van der Waals surface area contributed by atoms with Crippen molar-refractivity contribution in [1.29, 1.82) is 0 Å². The first-order valence-corrected chi connectivity index (χ1v) is 5.09. The van der Waals surface area contributed by atoms with Gasteiger partial charge in [-0.25, -0.2) is 9.18 Å². The smallest absolute Gasteiger partial charge is 0.412 e. The number of hydrogen-bond acceptors (Lipinski definition) is 4. The second-order valence-electron chi connectivity index (χ2n) is 3.11. The zero-order valence-electron chi connectivity index (χ0n) is 9.49. The largest absolute Gasteiger partial charge is 0.425 e. The molecule has 0 saturated carbocycles. The van der Waals surface area contributed by atoms with Crippen LogP contribution in [0.2, 0.25) is 0 Å². The quantitative estimate of drug-likeness (QED) is 0.433. The van der Waals surface area contributed by atoms with Gasteiger partial charge >= 0.3 is 12.1 Å². The minimum atomic E-state index is -1.56. The highest BCUT2D eigenvalue weighted by atomic mass is 19.1. The lowest BCUT2D eigenvalue weighted by atomic mass is 10.3. The van der Waals surface area contributed by atoms with Gasteiger partial charge in [-0.2, -0.15) is 0 Å². The van der Waals surface area contributed by atoms with Gasteiger partial charge in [-0.15, -0.1) is 0 Å². The van der Waals surface area contributed by atoms with Crippen LogP contribution < -0.4 is 5.32 Å². The molecule has 2 unspecified atom stereocenters. The van der Waals surface area contributed by atoms with Gasteiger partial charge in [0, 0.05) is 13.3 Å². The number of carbonyl (C=O) groups excluding carboxylic acids is 2. The van der Waals surface area contributed by atoms with Crippen LogP contribution in [-0.2, 0) is 14.3 Å². The Bertz CT molecular complexity index is 235. The number of esters is 1. The van der Waals surface area contributed by atoms with Gasteiger partial charge in [0.2, 0.25) is 6.29 Å². The molecule has 0 spiro atoms. The van der Waals surface area contributed by atoms with Gasteiger partial charge in [-0.3, -0.25) is 10.1 Å². The summed E-state index contributed by atoms with van der Waals surface area (Å²) in [7, 11) is 0. The van der Waals surface area contributed by atoms with E-state index in [2.05, 4.69) is 11.7 Å². The lowest BCUT2D eigenvalue weighted by Gasteiger charge is -2.15. The highest BCUT2D eigenvalue weighted by molar-refractivity contribution is 5.70. The number of rotatable bonds is 6. The Morgan fingerprint density at radius 2 is 2.06 bits per heavy atom. The Labute approximate surface area is 94.3 Å². The van der Waals surface area contributed by atoms with E-state index in [1.165, 1.54) is 6.92 Å². The predicted octanol–water partition coefficient (Wildman–Crippen LogP) is 1.92. The summed E-state index contributed by atoms with van der Waals surface area (Å²) >= 11 is 0. The summed E-state index contributed by atoms with van der Waals surface area (Å²) in [4.78, 5) is 22.0. The summed E-state index contributed by atoms with van der Waals surface area (Å²) in [5, 5.41) is 1.88. The van der Waals surface area contributed by atoms with Crippen LogP contribution >= 0.6 is 0 Å². The van der Waals surface area contributed by atoms with E-state index >= 15 is 0 Å². The van der Waals surface area contributed by atoms with E-state index in [9.17, 15) is 14.0 Å². The zero-order valence-corrected chi connectivity index (χ0v) is 9.49. The van der Waals surface area contributed by atoms with Crippen molar-refractivity contribution in [2.75, 3.05) is 0 Å². The van der Waals surface area contributed by atoms with Gasteiger partial charge in [-0.1, -0.05) is 6.92 Å². The fourth-order valence-corrected chi connectivity index (χ4v) is 0.857. The Morgan fingerprint density at radius 1 is 1.44 bits per heavy atom. The van der Waals surface area contributed by atoms with E-state index in [0.29, 0.717) is 6.42 Å². The van der Waals surface area contributed by atoms with Gasteiger partial charge in [-0.05, 0) is 19.8 Å². The van der Waals surface area contributed by atoms with E-state index in [1.807, 2.05) is 12.2 Å². The average Bonchev–Trinajstić information content (AvgIpc) is 2.16. The van der Waals surface area contributed by atoms with Gasteiger partial charge < -0.3 is 9.47 Å². The lowest BCUT2D eigenvalue weighted by molar-refractivity contribution is -0.165. The number of alkyl carbamates (subject to hydrolysis) is 1. The van der Waals surface area contributed by atoms with E-state index in [-0.39, 0.29) is 12.8 Å². The first-order chi connectivity index (χ1) is 7.49.